The van der Waals surface area contributed by atoms with E-state index in [-0.39, 0.29) is 10.0 Å². The number of hydrogen-bond acceptors (Lipinski definition) is 12. The first-order valence-corrected chi connectivity index (χ1v) is 12.6. The first kappa shape index (κ1) is 29.9. The normalized spacial score (nSPS) is 23.2. The van der Waals surface area contributed by atoms with Crippen LogP contribution in [-0.4, -0.2) is 74.7 Å². The van der Waals surface area contributed by atoms with Gasteiger partial charge in [-0.3, -0.25) is 19.2 Å². The fraction of sp³-hybridized carbons (Fsp3) is 0.476. The third-order valence-corrected chi connectivity index (χ3v) is 5.85. The minimum absolute atomic E-state index is 0.0655. The molecular formula is C21H27N3O11S2. The zero-order chi connectivity index (χ0) is 27.9. The Balaban J connectivity index is 2.34. The van der Waals surface area contributed by atoms with E-state index in [4.69, 9.17) is 41.0 Å². The van der Waals surface area contributed by atoms with Gasteiger partial charge in [0.2, 0.25) is 10.0 Å². The number of primary sulfonamides is 1. The highest BCUT2D eigenvalue weighted by Crippen LogP contribution is 2.28. The topological polar surface area (TPSA) is 199 Å². The molecule has 1 heterocycles. The van der Waals surface area contributed by atoms with E-state index in [9.17, 15) is 27.6 Å². The van der Waals surface area contributed by atoms with Crippen LogP contribution < -0.4 is 15.8 Å². The van der Waals surface area contributed by atoms with Crippen LogP contribution in [-0.2, 0) is 52.9 Å². The van der Waals surface area contributed by atoms with Crippen molar-refractivity contribution >= 4 is 56.9 Å². The minimum Gasteiger partial charge on any atom is -0.463 e. The molecular weight excluding hydrogens is 534 g/mol. The van der Waals surface area contributed by atoms with Crippen LogP contribution >= 0.6 is 12.2 Å². The van der Waals surface area contributed by atoms with Gasteiger partial charge in [0.05, 0.1) is 4.90 Å². The summed E-state index contributed by atoms with van der Waals surface area (Å²) in [5.74, 6) is -2.95. The standard InChI is InChI=1S/C21H27N3O11S2/c1-10(25)31-9-16-17(32-11(2)26)18(33-12(3)27)19(34-13(4)28)20(35-16)24-21(36)23-14-5-7-15(8-6-14)37(22,29)30/h5-8,16-20H,9H2,1-4H3,(H2,22,29,30)(H2,23,24,36)/t16-,17+,18+,19-,20-/m1/s1. The third kappa shape index (κ3) is 9.23. The van der Waals surface area contributed by atoms with Gasteiger partial charge in [0.25, 0.3) is 0 Å². The van der Waals surface area contributed by atoms with E-state index in [0.717, 1.165) is 27.7 Å². The molecule has 0 bridgehead atoms. The summed E-state index contributed by atoms with van der Waals surface area (Å²) < 4.78 is 49.8. The summed E-state index contributed by atoms with van der Waals surface area (Å²) in [6, 6.07) is 5.32. The average molecular weight is 562 g/mol. The van der Waals surface area contributed by atoms with E-state index in [1.54, 1.807) is 0 Å². The van der Waals surface area contributed by atoms with Crippen LogP contribution in [0.5, 0.6) is 0 Å². The minimum atomic E-state index is -3.90. The van der Waals surface area contributed by atoms with Crippen molar-refractivity contribution in [1.29, 1.82) is 0 Å². The molecule has 1 aromatic rings. The SMILES string of the molecule is CC(=O)OC[C@H]1O[C@@H](NC(=S)Nc2ccc(S(N)(=O)=O)cc2)[C@H](OC(C)=O)[C@@H](OC(C)=O)[C@H]1OC(C)=O. The number of carbonyl (C=O) groups is 4. The van der Waals surface area contributed by atoms with Gasteiger partial charge in [-0.25, -0.2) is 13.6 Å². The number of esters is 4. The predicted octanol–water partition coefficient (Wildman–Crippen LogP) is -0.296. The highest BCUT2D eigenvalue weighted by Gasteiger charge is 2.52. The van der Waals surface area contributed by atoms with Crippen molar-refractivity contribution in [3.63, 3.8) is 0 Å². The summed E-state index contributed by atoms with van der Waals surface area (Å²) in [7, 11) is -3.90. The van der Waals surface area contributed by atoms with Crippen molar-refractivity contribution in [2.45, 2.75) is 63.2 Å². The van der Waals surface area contributed by atoms with Gasteiger partial charge >= 0.3 is 23.9 Å². The Labute approximate surface area is 218 Å². The maximum atomic E-state index is 11.9. The van der Waals surface area contributed by atoms with Crippen LogP contribution in [0.15, 0.2) is 29.2 Å². The van der Waals surface area contributed by atoms with Crippen LogP contribution in [0.1, 0.15) is 27.7 Å². The van der Waals surface area contributed by atoms with Gasteiger partial charge in [-0.05, 0) is 36.5 Å². The molecule has 16 heteroatoms. The maximum absolute atomic E-state index is 11.9. The number of nitrogens with two attached hydrogens (primary N) is 1. The van der Waals surface area contributed by atoms with Crippen LogP contribution in [0.25, 0.3) is 0 Å². The van der Waals surface area contributed by atoms with E-state index >= 15 is 0 Å². The van der Waals surface area contributed by atoms with E-state index in [1.807, 2.05) is 0 Å². The Morgan fingerprint density at radius 3 is 1.89 bits per heavy atom. The second-order valence-electron chi connectivity index (χ2n) is 7.79. The molecule has 1 aliphatic heterocycles. The Morgan fingerprint density at radius 1 is 0.892 bits per heavy atom. The van der Waals surface area contributed by atoms with E-state index in [2.05, 4.69) is 10.6 Å². The number of sulfonamides is 1. The van der Waals surface area contributed by atoms with Crippen molar-refractivity contribution in [1.82, 2.24) is 5.32 Å². The number of rotatable bonds is 8. The molecule has 204 valence electrons. The quantitative estimate of drug-likeness (QED) is 0.212. The molecule has 4 N–H and O–H groups in total. The Hall–Kier alpha value is -3.34. The van der Waals surface area contributed by atoms with Crippen LogP contribution in [0, 0.1) is 0 Å². The first-order valence-electron chi connectivity index (χ1n) is 10.7. The van der Waals surface area contributed by atoms with Crippen molar-refractivity contribution in [3.8, 4) is 0 Å². The van der Waals surface area contributed by atoms with Gasteiger partial charge in [0.1, 0.15) is 12.7 Å². The number of thiocarbonyl (C=S) groups is 1. The zero-order valence-corrected chi connectivity index (χ0v) is 21.9. The molecule has 0 spiro atoms. The Kier molecular flexibility index (Phi) is 10.3. The molecule has 14 nitrogen and oxygen atoms in total. The highest BCUT2D eigenvalue weighted by atomic mass is 32.2. The smallest absolute Gasteiger partial charge is 0.303 e. The predicted molar refractivity (Wildman–Crippen MR) is 129 cm³/mol. The Morgan fingerprint density at radius 2 is 1.41 bits per heavy atom. The number of benzene rings is 1. The number of anilines is 1. The summed E-state index contributed by atoms with van der Waals surface area (Å²) in [4.78, 5) is 46.8. The summed E-state index contributed by atoms with van der Waals surface area (Å²) in [6.45, 7) is 4.08. The summed E-state index contributed by atoms with van der Waals surface area (Å²) in [5.41, 5.74) is 0.371. The first-order chi connectivity index (χ1) is 17.2. The highest BCUT2D eigenvalue weighted by molar-refractivity contribution is 7.89. The molecule has 37 heavy (non-hydrogen) atoms. The second kappa shape index (κ2) is 12.8. The molecule has 0 saturated carbocycles. The van der Waals surface area contributed by atoms with Gasteiger partial charge in [0.15, 0.2) is 29.7 Å². The van der Waals surface area contributed by atoms with Crippen molar-refractivity contribution in [2.75, 3.05) is 11.9 Å². The van der Waals surface area contributed by atoms with E-state index < -0.39 is 71.2 Å². The number of ether oxygens (including phenoxy) is 5. The lowest BCUT2D eigenvalue weighted by molar-refractivity contribution is -0.254. The lowest BCUT2D eigenvalue weighted by atomic mass is 9.97. The maximum Gasteiger partial charge on any atom is 0.303 e. The molecule has 5 atom stereocenters. The van der Waals surface area contributed by atoms with Crippen molar-refractivity contribution in [2.24, 2.45) is 5.14 Å². The molecule has 1 aromatic carbocycles. The van der Waals surface area contributed by atoms with Gasteiger partial charge in [-0.2, -0.15) is 0 Å². The fourth-order valence-electron chi connectivity index (χ4n) is 3.37. The van der Waals surface area contributed by atoms with Gasteiger partial charge in [0, 0.05) is 33.4 Å². The van der Waals surface area contributed by atoms with Gasteiger partial charge in [-0.1, -0.05) is 0 Å². The number of carbonyl (C=O) groups excluding carboxylic acids is 4. The lowest BCUT2D eigenvalue weighted by Gasteiger charge is -2.44. The molecule has 0 aromatic heterocycles. The average Bonchev–Trinajstić information content (AvgIpc) is 2.75. The molecule has 0 amide bonds. The summed E-state index contributed by atoms with van der Waals surface area (Å²) in [6.07, 6.45) is -6.46. The molecule has 2 rings (SSSR count). The van der Waals surface area contributed by atoms with Crippen molar-refractivity contribution < 1.29 is 51.3 Å². The Bertz CT molecular complexity index is 1140. The summed E-state index contributed by atoms with van der Waals surface area (Å²) >= 11 is 5.30. The summed E-state index contributed by atoms with van der Waals surface area (Å²) in [5, 5.41) is 10.6. The lowest BCUT2D eigenvalue weighted by Crippen LogP contribution is -2.66. The monoisotopic (exact) mass is 561 g/mol. The zero-order valence-electron chi connectivity index (χ0n) is 20.3. The van der Waals surface area contributed by atoms with Gasteiger partial charge < -0.3 is 34.3 Å². The van der Waals surface area contributed by atoms with Crippen LogP contribution in [0.3, 0.4) is 0 Å². The van der Waals surface area contributed by atoms with E-state index in [0.29, 0.717) is 5.69 Å². The number of nitrogens with one attached hydrogen (secondary N) is 2. The van der Waals surface area contributed by atoms with Crippen LogP contribution in [0.4, 0.5) is 5.69 Å². The fourth-order valence-corrected chi connectivity index (χ4v) is 4.12. The second-order valence-corrected chi connectivity index (χ2v) is 9.76. The molecule has 0 unspecified atom stereocenters. The van der Waals surface area contributed by atoms with Crippen molar-refractivity contribution in [3.05, 3.63) is 24.3 Å². The molecule has 1 aliphatic rings. The van der Waals surface area contributed by atoms with Crippen LogP contribution in [0.2, 0.25) is 0 Å². The van der Waals surface area contributed by atoms with E-state index in [1.165, 1.54) is 24.3 Å². The molecule has 0 aliphatic carbocycles. The molecule has 0 radical (unpaired) electrons. The van der Waals surface area contributed by atoms with Gasteiger partial charge in [-0.15, -0.1) is 0 Å². The third-order valence-electron chi connectivity index (χ3n) is 4.70. The molecule has 1 saturated heterocycles. The molecule has 1 fully saturated rings. The number of hydrogen-bond donors (Lipinski definition) is 3. The largest absolute Gasteiger partial charge is 0.463 e.